The SMILES string of the molecule is C/C=C/C(=O)C1=Cc2ccccc2C1C. The molecule has 0 aromatic heterocycles. The predicted octanol–water partition coefficient (Wildman–Crippen LogP) is 3.33. The zero-order valence-corrected chi connectivity index (χ0v) is 9.03. The van der Waals surface area contributed by atoms with Crippen LogP contribution in [-0.2, 0) is 4.79 Å². The van der Waals surface area contributed by atoms with Crippen molar-refractivity contribution in [2.45, 2.75) is 19.8 Å². The Morgan fingerprint density at radius 3 is 2.73 bits per heavy atom. The Morgan fingerprint density at radius 1 is 1.33 bits per heavy atom. The summed E-state index contributed by atoms with van der Waals surface area (Å²) in [4.78, 5) is 11.8. The van der Waals surface area contributed by atoms with E-state index in [4.69, 9.17) is 0 Å². The van der Waals surface area contributed by atoms with Crippen LogP contribution in [0.15, 0.2) is 42.0 Å². The smallest absolute Gasteiger partial charge is 0.182 e. The molecule has 0 N–H and O–H groups in total. The maximum absolute atomic E-state index is 11.8. The molecule has 1 aromatic carbocycles. The molecule has 0 spiro atoms. The van der Waals surface area contributed by atoms with Gasteiger partial charge in [0, 0.05) is 11.5 Å². The standard InChI is InChI=1S/C14H14O/c1-3-6-14(15)13-9-11-7-4-5-8-12(11)10(13)2/h3-10H,1-2H3/b6-3+. The van der Waals surface area contributed by atoms with E-state index in [9.17, 15) is 4.79 Å². The third-order valence-corrected chi connectivity index (χ3v) is 2.84. The van der Waals surface area contributed by atoms with Crippen LogP contribution >= 0.6 is 0 Å². The lowest BCUT2D eigenvalue weighted by molar-refractivity contribution is -0.111. The molecule has 2 rings (SSSR count). The minimum absolute atomic E-state index is 0.126. The highest BCUT2D eigenvalue weighted by Gasteiger charge is 2.23. The molecule has 0 radical (unpaired) electrons. The number of carbonyl (C=O) groups is 1. The quantitative estimate of drug-likeness (QED) is 0.666. The van der Waals surface area contributed by atoms with Crippen molar-refractivity contribution < 1.29 is 4.79 Å². The van der Waals surface area contributed by atoms with E-state index in [0.717, 1.165) is 5.57 Å². The molecule has 0 amide bonds. The van der Waals surface area contributed by atoms with Gasteiger partial charge in [0.25, 0.3) is 0 Å². The molecule has 1 aliphatic rings. The number of hydrogen-bond acceptors (Lipinski definition) is 1. The number of allylic oxidation sites excluding steroid dienone is 3. The van der Waals surface area contributed by atoms with Crippen molar-refractivity contribution >= 4 is 11.9 Å². The number of rotatable bonds is 2. The first kappa shape index (κ1) is 9.91. The van der Waals surface area contributed by atoms with Gasteiger partial charge in [0.05, 0.1) is 0 Å². The summed E-state index contributed by atoms with van der Waals surface area (Å²) >= 11 is 0. The van der Waals surface area contributed by atoms with Crippen molar-refractivity contribution in [3.05, 3.63) is 53.1 Å². The van der Waals surface area contributed by atoms with Crippen LogP contribution in [0.2, 0.25) is 0 Å². The van der Waals surface area contributed by atoms with Gasteiger partial charge in [-0.15, -0.1) is 0 Å². The van der Waals surface area contributed by atoms with Gasteiger partial charge in [-0.3, -0.25) is 4.79 Å². The van der Waals surface area contributed by atoms with E-state index < -0.39 is 0 Å². The first-order chi connectivity index (χ1) is 7.24. The lowest BCUT2D eigenvalue weighted by Gasteiger charge is -2.07. The summed E-state index contributed by atoms with van der Waals surface area (Å²) in [5.41, 5.74) is 3.33. The third-order valence-electron chi connectivity index (χ3n) is 2.84. The van der Waals surface area contributed by atoms with E-state index in [0.29, 0.717) is 0 Å². The summed E-state index contributed by atoms with van der Waals surface area (Å²) in [6.45, 7) is 3.95. The number of ketones is 1. The molecule has 76 valence electrons. The third kappa shape index (κ3) is 1.65. The van der Waals surface area contributed by atoms with Crippen molar-refractivity contribution in [3.63, 3.8) is 0 Å². The van der Waals surface area contributed by atoms with Crippen molar-refractivity contribution in [2.75, 3.05) is 0 Å². The molecule has 0 bridgehead atoms. The van der Waals surface area contributed by atoms with Gasteiger partial charge >= 0.3 is 0 Å². The highest BCUT2D eigenvalue weighted by molar-refractivity contribution is 6.09. The minimum Gasteiger partial charge on any atom is -0.290 e. The average molecular weight is 198 g/mol. The fraction of sp³-hybridized carbons (Fsp3) is 0.214. The van der Waals surface area contributed by atoms with Gasteiger partial charge in [0.2, 0.25) is 0 Å². The molecule has 1 atom stereocenters. The van der Waals surface area contributed by atoms with Crippen molar-refractivity contribution in [3.8, 4) is 0 Å². The molecule has 0 saturated carbocycles. The Morgan fingerprint density at radius 2 is 2.07 bits per heavy atom. The molecule has 1 aliphatic carbocycles. The molecular weight excluding hydrogens is 184 g/mol. The maximum atomic E-state index is 11.8. The van der Waals surface area contributed by atoms with E-state index >= 15 is 0 Å². The van der Waals surface area contributed by atoms with Crippen LogP contribution in [0.1, 0.15) is 30.9 Å². The zero-order valence-electron chi connectivity index (χ0n) is 9.03. The molecular formula is C14H14O. The largest absolute Gasteiger partial charge is 0.290 e. The minimum atomic E-state index is 0.126. The Bertz CT molecular complexity index is 452. The molecule has 1 nitrogen and oxygen atoms in total. The average Bonchev–Trinajstić information content (AvgIpc) is 2.57. The van der Waals surface area contributed by atoms with Gasteiger partial charge in [0.1, 0.15) is 0 Å². The Balaban J connectivity index is 2.38. The van der Waals surface area contributed by atoms with Crippen LogP contribution in [0, 0.1) is 0 Å². The van der Waals surface area contributed by atoms with Crippen LogP contribution in [0.5, 0.6) is 0 Å². The van der Waals surface area contributed by atoms with Crippen molar-refractivity contribution in [1.82, 2.24) is 0 Å². The summed E-state index contributed by atoms with van der Waals surface area (Å²) in [6.07, 6.45) is 5.43. The van der Waals surface area contributed by atoms with Crippen LogP contribution in [0.3, 0.4) is 0 Å². The molecule has 0 heterocycles. The summed E-state index contributed by atoms with van der Waals surface area (Å²) in [5.74, 6) is 0.353. The second-order valence-corrected chi connectivity index (χ2v) is 3.81. The van der Waals surface area contributed by atoms with E-state index in [1.54, 1.807) is 12.2 Å². The van der Waals surface area contributed by atoms with Crippen LogP contribution < -0.4 is 0 Å². The van der Waals surface area contributed by atoms with Gasteiger partial charge in [-0.2, -0.15) is 0 Å². The number of fused-ring (bicyclic) bond motifs is 1. The van der Waals surface area contributed by atoms with Crippen LogP contribution in [0.4, 0.5) is 0 Å². The van der Waals surface area contributed by atoms with Crippen LogP contribution in [0.25, 0.3) is 6.08 Å². The lowest BCUT2D eigenvalue weighted by atomic mass is 9.95. The highest BCUT2D eigenvalue weighted by Crippen LogP contribution is 2.36. The van der Waals surface area contributed by atoms with Crippen LogP contribution in [-0.4, -0.2) is 5.78 Å². The summed E-state index contributed by atoms with van der Waals surface area (Å²) < 4.78 is 0. The maximum Gasteiger partial charge on any atom is 0.182 e. The summed E-state index contributed by atoms with van der Waals surface area (Å²) in [5, 5.41) is 0. The molecule has 1 aromatic rings. The Hall–Kier alpha value is -1.63. The van der Waals surface area contributed by atoms with Crippen molar-refractivity contribution in [1.29, 1.82) is 0 Å². The number of carbonyl (C=O) groups excluding carboxylic acids is 1. The van der Waals surface area contributed by atoms with E-state index in [-0.39, 0.29) is 11.7 Å². The monoisotopic (exact) mass is 198 g/mol. The molecule has 0 aliphatic heterocycles. The lowest BCUT2D eigenvalue weighted by Crippen LogP contribution is -2.02. The Kier molecular flexibility index (Phi) is 2.55. The van der Waals surface area contributed by atoms with E-state index in [1.165, 1.54) is 11.1 Å². The highest BCUT2D eigenvalue weighted by atomic mass is 16.1. The summed E-state index contributed by atoms with van der Waals surface area (Å²) in [6, 6.07) is 8.17. The molecule has 0 saturated heterocycles. The molecule has 1 unspecified atom stereocenters. The fourth-order valence-corrected chi connectivity index (χ4v) is 2.03. The normalized spacial score (nSPS) is 19.1. The molecule has 1 heteroatoms. The topological polar surface area (TPSA) is 17.1 Å². The second-order valence-electron chi connectivity index (χ2n) is 3.81. The van der Waals surface area contributed by atoms with Gasteiger partial charge in [-0.1, -0.05) is 37.3 Å². The van der Waals surface area contributed by atoms with E-state index in [1.807, 2.05) is 25.1 Å². The Labute approximate surface area is 90.1 Å². The van der Waals surface area contributed by atoms with Gasteiger partial charge in [0.15, 0.2) is 5.78 Å². The van der Waals surface area contributed by atoms with Gasteiger partial charge < -0.3 is 0 Å². The van der Waals surface area contributed by atoms with Gasteiger partial charge in [-0.25, -0.2) is 0 Å². The van der Waals surface area contributed by atoms with Gasteiger partial charge in [-0.05, 0) is 30.2 Å². The first-order valence-electron chi connectivity index (χ1n) is 5.21. The fourth-order valence-electron chi connectivity index (χ4n) is 2.03. The summed E-state index contributed by atoms with van der Waals surface area (Å²) in [7, 11) is 0. The van der Waals surface area contributed by atoms with E-state index in [2.05, 4.69) is 19.1 Å². The second kappa shape index (κ2) is 3.85. The zero-order chi connectivity index (χ0) is 10.8. The molecule has 0 fully saturated rings. The first-order valence-corrected chi connectivity index (χ1v) is 5.21. The molecule has 15 heavy (non-hydrogen) atoms. The number of benzene rings is 1. The predicted molar refractivity (Wildman–Crippen MR) is 62.7 cm³/mol. The van der Waals surface area contributed by atoms with Crippen molar-refractivity contribution in [2.24, 2.45) is 0 Å². The number of hydrogen-bond donors (Lipinski definition) is 0.